The number of esters is 1. The molecule has 0 amide bonds. The minimum atomic E-state index is -0.918. The molecule has 0 aromatic heterocycles. The predicted molar refractivity (Wildman–Crippen MR) is 59.0 cm³/mol. The number of carboxylic acids is 1. The molecule has 1 N–H and O–H groups in total. The van der Waals surface area contributed by atoms with Crippen LogP contribution in [0, 0.1) is 29.6 Å². The molecule has 0 aromatic carbocycles. The molecule has 2 aliphatic carbocycles. The van der Waals surface area contributed by atoms with E-state index < -0.39 is 5.97 Å². The standard InChI is InChI=1S/C13H16O4/c1-6(12(14)15)2-7-3-8-4-9(7)11-10(8)5-17-13(11)16/h7-11H,1-5H2,(H,14,15). The van der Waals surface area contributed by atoms with Crippen LogP contribution in [-0.4, -0.2) is 23.7 Å². The van der Waals surface area contributed by atoms with Crippen molar-refractivity contribution >= 4 is 11.9 Å². The van der Waals surface area contributed by atoms with Gasteiger partial charge < -0.3 is 9.84 Å². The maximum atomic E-state index is 11.6. The van der Waals surface area contributed by atoms with E-state index in [1.54, 1.807) is 0 Å². The average Bonchev–Trinajstić information content (AvgIpc) is 2.91. The van der Waals surface area contributed by atoms with Crippen LogP contribution in [0.15, 0.2) is 12.2 Å². The molecule has 4 heteroatoms. The van der Waals surface area contributed by atoms with E-state index in [0.29, 0.717) is 36.7 Å². The Morgan fingerprint density at radius 2 is 2.18 bits per heavy atom. The second kappa shape index (κ2) is 3.59. The number of fused-ring (bicyclic) bond motifs is 5. The molecule has 92 valence electrons. The molecule has 0 aromatic rings. The van der Waals surface area contributed by atoms with Crippen molar-refractivity contribution in [2.45, 2.75) is 19.3 Å². The highest BCUT2D eigenvalue weighted by molar-refractivity contribution is 5.85. The van der Waals surface area contributed by atoms with Crippen LogP contribution < -0.4 is 0 Å². The van der Waals surface area contributed by atoms with Crippen LogP contribution in [-0.2, 0) is 14.3 Å². The van der Waals surface area contributed by atoms with E-state index in [2.05, 4.69) is 6.58 Å². The zero-order valence-electron chi connectivity index (χ0n) is 9.59. The molecule has 1 saturated heterocycles. The first-order chi connectivity index (χ1) is 8.08. The summed E-state index contributed by atoms with van der Waals surface area (Å²) in [6.07, 6.45) is 2.63. The highest BCUT2D eigenvalue weighted by atomic mass is 16.5. The molecule has 17 heavy (non-hydrogen) atoms. The number of carbonyl (C=O) groups is 2. The van der Waals surface area contributed by atoms with Gasteiger partial charge in [-0.05, 0) is 37.0 Å². The SMILES string of the molecule is C=C(CC1CC2CC1C1C(=O)OCC21)C(=O)O. The molecule has 0 radical (unpaired) electrons. The number of carbonyl (C=O) groups excluding carboxylic acids is 1. The van der Waals surface area contributed by atoms with Crippen LogP contribution in [0.1, 0.15) is 19.3 Å². The van der Waals surface area contributed by atoms with Gasteiger partial charge in [-0.15, -0.1) is 0 Å². The lowest BCUT2D eigenvalue weighted by Gasteiger charge is -2.28. The summed E-state index contributed by atoms with van der Waals surface area (Å²) in [4.78, 5) is 22.4. The molecule has 1 heterocycles. The molecule has 0 spiro atoms. The van der Waals surface area contributed by atoms with E-state index in [0.717, 1.165) is 12.8 Å². The fourth-order valence-electron chi connectivity index (χ4n) is 4.10. The zero-order chi connectivity index (χ0) is 12.2. The molecular formula is C13H16O4. The maximum Gasteiger partial charge on any atom is 0.330 e. The summed E-state index contributed by atoms with van der Waals surface area (Å²) in [6.45, 7) is 4.17. The summed E-state index contributed by atoms with van der Waals surface area (Å²) < 4.78 is 5.12. The van der Waals surface area contributed by atoms with Crippen molar-refractivity contribution in [1.29, 1.82) is 0 Å². The molecule has 5 atom stereocenters. The highest BCUT2D eigenvalue weighted by Crippen LogP contribution is 2.58. The largest absolute Gasteiger partial charge is 0.478 e. The topological polar surface area (TPSA) is 63.6 Å². The van der Waals surface area contributed by atoms with Crippen molar-refractivity contribution in [3.8, 4) is 0 Å². The van der Waals surface area contributed by atoms with Gasteiger partial charge >= 0.3 is 11.9 Å². The molecule has 3 fully saturated rings. The van der Waals surface area contributed by atoms with Gasteiger partial charge in [-0.2, -0.15) is 0 Å². The first-order valence-electron chi connectivity index (χ1n) is 6.15. The van der Waals surface area contributed by atoms with Gasteiger partial charge in [0, 0.05) is 11.5 Å². The Hall–Kier alpha value is -1.32. The van der Waals surface area contributed by atoms with E-state index in [1.807, 2.05) is 0 Å². The molecule has 3 aliphatic rings. The van der Waals surface area contributed by atoms with Crippen molar-refractivity contribution in [1.82, 2.24) is 0 Å². The minimum Gasteiger partial charge on any atom is -0.478 e. The second-order valence-corrected chi connectivity index (χ2v) is 5.59. The van der Waals surface area contributed by atoms with Gasteiger partial charge in [0.25, 0.3) is 0 Å². The third-order valence-corrected chi connectivity index (χ3v) is 4.82. The summed E-state index contributed by atoms with van der Waals surface area (Å²) in [6, 6.07) is 0. The van der Waals surface area contributed by atoms with Gasteiger partial charge in [-0.25, -0.2) is 4.79 Å². The Morgan fingerprint density at radius 1 is 1.41 bits per heavy atom. The second-order valence-electron chi connectivity index (χ2n) is 5.59. The van der Waals surface area contributed by atoms with Crippen LogP contribution >= 0.6 is 0 Å². The normalized spacial score (nSPS) is 42.4. The summed E-state index contributed by atoms with van der Waals surface area (Å²) in [5.41, 5.74) is 0.269. The third kappa shape index (κ3) is 1.50. The van der Waals surface area contributed by atoms with Crippen LogP contribution in [0.25, 0.3) is 0 Å². The van der Waals surface area contributed by atoms with Gasteiger partial charge in [-0.3, -0.25) is 4.79 Å². The highest BCUT2D eigenvalue weighted by Gasteiger charge is 2.58. The Bertz CT molecular complexity index is 400. The smallest absolute Gasteiger partial charge is 0.330 e. The lowest BCUT2D eigenvalue weighted by Crippen LogP contribution is -2.29. The number of hydrogen-bond donors (Lipinski definition) is 1. The number of aliphatic carboxylic acids is 1. The Labute approximate surface area is 99.6 Å². The molecule has 2 bridgehead atoms. The van der Waals surface area contributed by atoms with Crippen LogP contribution in [0.3, 0.4) is 0 Å². The Kier molecular flexibility index (Phi) is 2.28. The number of cyclic esters (lactones) is 1. The van der Waals surface area contributed by atoms with Gasteiger partial charge in [-0.1, -0.05) is 6.58 Å². The van der Waals surface area contributed by atoms with E-state index in [4.69, 9.17) is 9.84 Å². The zero-order valence-corrected chi connectivity index (χ0v) is 9.59. The van der Waals surface area contributed by atoms with E-state index >= 15 is 0 Å². The van der Waals surface area contributed by atoms with Crippen molar-refractivity contribution in [2.24, 2.45) is 29.6 Å². The van der Waals surface area contributed by atoms with Crippen molar-refractivity contribution in [3.05, 3.63) is 12.2 Å². The van der Waals surface area contributed by atoms with Crippen molar-refractivity contribution in [2.75, 3.05) is 6.61 Å². The lowest BCUT2D eigenvalue weighted by atomic mass is 9.73. The first kappa shape index (κ1) is 10.8. The van der Waals surface area contributed by atoms with Crippen LogP contribution in [0.5, 0.6) is 0 Å². The molecule has 5 unspecified atom stereocenters. The van der Waals surface area contributed by atoms with E-state index in [-0.39, 0.29) is 17.5 Å². The number of rotatable bonds is 3. The molecule has 4 nitrogen and oxygen atoms in total. The molecule has 1 aliphatic heterocycles. The number of carboxylic acid groups (broad SMARTS) is 1. The van der Waals surface area contributed by atoms with Crippen LogP contribution in [0.4, 0.5) is 0 Å². The fourth-order valence-corrected chi connectivity index (χ4v) is 4.10. The number of hydrogen-bond acceptors (Lipinski definition) is 3. The summed E-state index contributed by atoms with van der Waals surface area (Å²) in [7, 11) is 0. The molecular weight excluding hydrogens is 220 g/mol. The minimum absolute atomic E-state index is 0.0420. The van der Waals surface area contributed by atoms with Gasteiger partial charge in [0.2, 0.25) is 0 Å². The lowest BCUT2D eigenvalue weighted by molar-refractivity contribution is -0.142. The van der Waals surface area contributed by atoms with E-state index in [1.165, 1.54) is 0 Å². The summed E-state index contributed by atoms with van der Waals surface area (Å²) in [5, 5.41) is 8.86. The first-order valence-corrected chi connectivity index (χ1v) is 6.15. The molecule has 3 rings (SSSR count). The monoisotopic (exact) mass is 236 g/mol. The van der Waals surface area contributed by atoms with Gasteiger partial charge in [0.15, 0.2) is 0 Å². The van der Waals surface area contributed by atoms with Crippen molar-refractivity contribution in [3.63, 3.8) is 0 Å². The Balaban J connectivity index is 1.73. The quantitative estimate of drug-likeness (QED) is 0.595. The van der Waals surface area contributed by atoms with Crippen molar-refractivity contribution < 1.29 is 19.4 Å². The maximum absolute atomic E-state index is 11.6. The van der Waals surface area contributed by atoms with Gasteiger partial charge in [0.1, 0.15) is 0 Å². The van der Waals surface area contributed by atoms with E-state index in [9.17, 15) is 9.59 Å². The Morgan fingerprint density at radius 3 is 2.88 bits per heavy atom. The third-order valence-electron chi connectivity index (χ3n) is 4.82. The fraction of sp³-hybridized carbons (Fsp3) is 0.692. The number of ether oxygens (including phenoxy) is 1. The molecule has 2 saturated carbocycles. The van der Waals surface area contributed by atoms with Crippen LogP contribution in [0.2, 0.25) is 0 Å². The van der Waals surface area contributed by atoms with Gasteiger partial charge in [0.05, 0.1) is 12.5 Å². The summed E-state index contributed by atoms with van der Waals surface area (Å²) >= 11 is 0. The average molecular weight is 236 g/mol. The predicted octanol–water partition coefficient (Wildman–Crippen LogP) is 1.46. The summed E-state index contributed by atoms with van der Waals surface area (Å²) in [5.74, 6) is 0.670.